The van der Waals surface area contributed by atoms with Gasteiger partial charge in [0.2, 0.25) is 0 Å². The maximum absolute atomic E-state index is 9.70. The van der Waals surface area contributed by atoms with E-state index < -0.39 is 0 Å². The van der Waals surface area contributed by atoms with Gasteiger partial charge in [0.25, 0.3) is 0 Å². The summed E-state index contributed by atoms with van der Waals surface area (Å²) in [5.74, 6) is 0.966. The van der Waals surface area contributed by atoms with Crippen molar-refractivity contribution < 1.29 is 5.11 Å². The Hall–Kier alpha value is -0.540. The second-order valence-electron chi connectivity index (χ2n) is 4.41. The summed E-state index contributed by atoms with van der Waals surface area (Å²) in [7, 11) is 0. The van der Waals surface area contributed by atoms with E-state index in [2.05, 4.69) is 42.0 Å². The van der Waals surface area contributed by atoms with E-state index >= 15 is 0 Å². The first kappa shape index (κ1) is 13.5. The molecule has 0 aliphatic heterocycles. The molecule has 0 bridgehead atoms. The van der Waals surface area contributed by atoms with Gasteiger partial charge in [-0.25, -0.2) is 0 Å². The number of phenols is 1. The molecule has 1 rings (SSSR count). The molecule has 1 aromatic carbocycles. The van der Waals surface area contributed by atoms with Gasteiger partial charge in [-0.15, -0.1) is 0 Å². The van der Waals surface area contributed by atoms with Crippen LogP contribution in [0, 0.1) is 5.92 Å². The topological polar surface area (TPSA) is 32.3 Å². The lowest BCUT2D eigenvalue weighted by Crippen LogP contribution is -2.32. The Kier molecular flexibility index (Phi) is 5.29. The SMILES string of the molecule is CCC(NCc1cc(Br)ccc1O)C(C)C. The Morgan fingerprint density at radius 1 is 1.38 bits per heavy atom. The highest BCUT2D eigenvalue weighted by Gasteiger charge is 2.11. The fourth-order valence-corrected chi connectivity index (χ4v) is 2.20. The zero-order valence-corrected chi connectivity index (χ0v) is 11.7. The number of phenolic OH excluding ortho intramolecular Hbond substituents is 1. The van der Waals surface area contributed by atoms with Gasteiger partial charge in [0, 0.05) is 22.6 Å². The van der Waals surface area contributed by atoms with Crippen LogP contribution in [0.15, 0.2) is 22.7 Å². The van der Waals surface area contributed by atoms with E-state index in [1.165, 1.54) is 0 Å². The highest BCUT2D eigenvalue weighted by atomic mass is 79.9. The van der Waals surface area contributed by atoms with Crippen molar-refractivity contribution in [2.24, 2.45) is 5.92 Å². The lowest BCUT2D eigenvalue weighted by molar-refractivity contribution is 0.382. The predicted octanol–water partition coefficient (Wildman–Crippen LogP) is 3.68. The fourth-order valence-electron chi connectivity index (χ4n) is 1.79. The van der Waals surface area contributed by atoms with Crippen molar-refractivity contribution in [2.45, 2.75) is 39.8 Å². The quantitative estimate of drug-likeness (QED) is 0.865. The first-order valence-corrected chi connectivity index (χ1v) is 6.54. The first-order valence-electron chi connectivity index (χ1n) is 5.75. The minimum atomic E-state index is 0.356. The standard InChI is InChI=1S/C13H20BrNO/c1-4-12(9(2)3)15-8-10-7-11(14)5-6-13(10)16/h5-7,9,12,15-16H,4,8H2,1-3H3. The smallest absolute Gasteiger partial charge is 0.120 e. The summed E-state index contributed by atoms with van der Waals surface area (Å²) in [5.41, 5.74) is 0.938. The van der Waals surface area contributed by atoms with Gasteiger partial charge in [0.1, 0.15) is 5.75 Å². The molecule has 0 fully saturated rings. The number of hydrogen-bond acceptors (Lipinski definition) is 2. The molecule has 1 aromatic rings. The molecule has 2 nitrogen and oxygen atoms in total. The van der Waals surface area contributed by atoms with E-state index in [9.17, 15) is 5.11 Å². The Bertz CT molecular complexity index is 339. The van der Waals surface area contributed by atoms with Crippen LogP contribution in [0.1, 0.15) is 32.8 Å². The van der Waals surface area contributed by atoms with Crippen LogP contribution in [0.2, 0.25) is 0 Å². The van der Waals surface area contributed by atoms with Gasteiger partial charge in [0.05, 0.1) is 0 Å². The van der Waals surface area contributed by atoms with Crippen molar-refractivity contribution in [1.29, 1.82) is 0 Å². The Labute approximate surface area is 106 Å². The Morgan fingerprint density at radius 3 is 2.62 bits per heavy atom. The van der Waals surface area contributed by atoms with Gasteiger partial charge in [-0.3, -0.25) is 0 Å². The second kappa shape index (κ2) is 6.26. The maximum atomic E-state index is 9.70. The summed E-state index contributed by atoms with van der Waals surface area (Å²) in [6, 6.07) is 6.02. The first-order chi connectivity index (χ1) is 7.54. The molecule has 16 heavy (non-hydrogen) atoms. The van der Waals surface area contributed by atoms with Crippen LogP contribution in [0.3, 0.4) is 0 Å². The van der Waals surface area contributed by atoms with Crippen molar-refractivity contribution in [3.8, 4) is 5.75 Å². The van der Waals surface area contributed by atoms with Crippen LogP contribution in [-0.2, 0) is 6.54 Å². The van der Waals surface area contributed by atoms with Crippen LogP contribution in [-0.4, -0.2) is 11.1 Å². The number of hydrogen-bond donors (Lipinski definition) is 2. The van der Waals surface area contributed by atoms with Gasteiger partial charge in [-0.1, -0.05) is 36.7 Å². The summed E-state index contributed by atoms with van der Waals surface area (Å²) in [6.07, 6.45) is 1.10. The van der Waals surface area contributed by atoms with E-state index in [1.54, 1.807) is 6.07 Å². The maximum Gasteiger partial charge on any atom is 0.120 e. The van der Waals surface area contributed by atoms with Crippen molar-refractivity contribution in [2.75, 3.05) is 0 Å². The molecule has 1 unspecified atom stereocenters. The monoisotopic (exact) mass is 285 g/mol. The number of aromatic hydroxyl groups is 1. The molecular formula is C13H20BrNO. The Balaban J connectivity index is 2.63. The van der Waals surface area contributed by atoms with Gasteiger partial charge in [-0.2, -0.15) is 0 Å². The minimum Gasteiger partial charge on any atom is -0.508 e. The van der Waals surface area contributed by atoms with Gasteiger partial charge >= 0.3 is 0 Å². The molecule has 1 atom stereocenters. The summed E-state index contributed by atoms with van der Waals surface area (Å²) >= 11 is 3.41. The highest BCUT2D eigenvalue weighted by molar-refractivity contribution is 9.10. The zero-order chi connectivity index (χ0) is 12.1. The number of nitrogens with one attached hydrogen (secondary N) is 1. The summed E-state index contributed by atoms with van der Waals surface area (Å²) in [5, 5.41) is 13.2. The molecule has 0 saturated carbocycles. The van der Waals surface area contributed by atoms with Crippen LogP contribution in [0.25, 0.3) is 0 Å². The summed E-state index contributed by atoms with van der Waals surface area (Å²) < 4.78 is 1.000. The normalized spacial score (nSPS) is 13.1. The van der Waals surface area contributed by atoms with Crippen molar-refractivity contribution in [3.05, 3.63) is 28.2 Å². The van der Waals surface area contributed by atoms with E-state index in [4.69, 9.17) is 0 Å². The molecule has 2 N–H and O–H groups in total. The molecule has 0 saturated heterocycles. The average molecular weight is 286 g/mol. The molecule has 0 amide bonds. The molecule has 0 heterocycles. The second-order valence-corrected chi connectivity index (χ2v) is 5.33. The predicted molar refractivity (Wildman–Crippen MR) is 71.6 cm³/mol. The summed E-state index contributed by atoms with van der Waals surface area (Å²) in [6.45, 7) is 7.31. The van der Waals surface area contributed by atoms with E-state index in [0.29, 0.717) is 24.3 Å². The van der Waals surface area contributed by atoms with Crippen molar-refractivity contribution in [3.63, 3.8) is 0 Å². The van der Waals surface area contributed by atoms with Crippen LogP contribution in [0.4, 0.5) is 0 Å². The van der Waals surface area contributed by atoms with Crippen molar-refractivity contribution >= 4 is 15.9 Å². The largest absolute Gasteiger partial charge is 0.508 e. The molecule has 0 aromatic heterocycles. The Morgan fingerprint density at radius 2 is 2.06 bits per heavy atom. The van der Waals surface area contributed by atoms with Gasteiger partial charge in [0.15, 0.2) is 0 Å². The third-order valence-electron chi connectivity index (χ3n) is 2.84. The van der Waals surface area contributed by atoms with E-state index in [0.717, 1.165) is 16.5 Å². The average Bonchev–Trinajstić information content (AvgIpc) is 2.23. The molecule has 0 spiro atoms. The highest BCUT2D eigenvalue weighted by Crippen LogP contribution is 2.22. The third kappa shape index (κ3) is 3.80. The molecule has 90 valence electrons. The van der Waals surface area contributed by atoms with Gasteiger partial charge < -0.3 is 10.4 Å². The van der Waals surface area contributed by atoms with E-state index in [-0.39, 0.29) is 0 Å². The molecule has 0 aliphatic carbocycles. The molecule has 3 heteroatoms. The summed E-state index contributed by atoms with van der Waals surface area (Å²) in [4.78, 5) is 0. The lowest BCUT2D eigenvalue weighted by Gasteiger charge is -2.21. The van der Waals surface area contributed by atoms with Crippen LogP contribution in [0.5, 0.6) is 5.75 Å². The molecule has 0 aliphatic rings. The van der Waals surface area contributed by atoms with Crippen LogP contribution >= 0.6 is 15.9 Å². The fraction of sp³-hybridized carbons (Fsp3) is 0.538. The number of benzene rings is 1. The molecule has 0 radical (unpaired) electrons. The zero-order valence-electron chi connectivity index (χ0n) is 10.1. The minimum absolute atomic E-state index is 0.356. The van der Waals surface area contributed by atoms with Crippen LogP contribution < -0.4 is 5.32 Å². The van der Waals surface area contributed by atoms with Crippen molar-refractivity contribution in [1.82, 2.24) is 5.32 Å². The van der Waals surface area contributed by atoms with E-state index in [1.807, 2.05) is 12.1 Å². The lowest BCUT2D eigenvalue weighted by atomic mass is 10.0. The number of rotatable bonds is 5. The third-order valence-corrected chi connectivity index (χ3v) is 3.33. The molecular weight excluding hydrogens is 266 g/mol. The van der Waals surface area contributed by atoms with Gasteiger partial charge in [-0.05, 0) is 30.5 Å². The number of halogens is 1.